The van der Waals surface area contributed by atoms with Gasteiger partial charge in [-0.05, 0) is 48.4 Å². The monoisotopic (exact) mass is 389 g/mol. The minimum Gasteiger partial charge on any atom is -0.335 e. The van der Waals surface area contributed by atoms with Crippen LogP contribution < -0.4 is 15.5 Å². The standard InChI is InChI=1S/C18H16FN3O4S/c19-13-3-1-2-12(8-13)17(23)22-7-6-11-9-14(4-5-15(11)22)27(25,26)16-10-20-18(24)21-16/h1-5,8-9,16H,6-7,10H2,(H2,20,21,24). The van der Waals surface area contributed by atoms with Crippen LogP contribution in [0.5, 0.6) is 0 Å². The van der Waals surface area contributed by atoms with E-state index in [2.05, 4.69) is 10.6 Å². The molecule has 2 aromatic carbocycles. The molecule has 2 N–H and O–H groups in total. The Morgan fingerprint density at radius 2 is 2.00 bits per heavy atom. The summed E-state index contributed by atoms with van der Waals surface area (Å²) in [6.45, 7) is 0.387. The molecule has 140 valence electrons. The summed E-state index contributed by atoms with van der Waals surface area (Å²) in [5.41, 5.74) is 1.56. The van der Waals surface area contributed by atoms with Crippen molar-refractivity contribution in [2.24, 2.45) is 0 Å². The number of amides is 3. The second-order valence-corrected chi connectivity index (χ2v) is 8.53. The van der Waals surface area contributed by atoms with Gasteiger partial charge in [0, 0.05) is 17.8 Å². The molecule has 1 saturated heterocycles. The van der Waals surface area contributed by atoms with Gasteiger partial charge in [-0.2, -0.15) is 0 Å². The SMILES string of the molecule is O=C1NCC(S(=O)(=O)c2ccc3c(c2)CCN3C(=O)c2cccc(F)c2)N1. The zero-order valence-corrected chi connectivity index (χ0v) is 14.9. The lowest BCUT2D eigenvalue weighted by atomic mass is 10.1. The summed E-state index contributed by atoms with van der Waals surface area (Å²) >= 11 is 0. The molecule has 27 heavy (non-hydrogen) atoms. The molecular weight excluding hydrogens is 373 g/mol. The van der Waals surface area contributed by atoms with Crippen LogP contribution >= 0.6 is 0 Å². The van der Waals surface area contributed by atoms with Gasteiger partial charge in [0.15, 0.2) is 5.37 Å². The first-order valence-corrected chi connectivity index (χ1v) is 9.89. The third-order valence-electron chi connectivity index (χ3n) is 4.71. The average molecular weight is 389 g/mol. The Morgan fingerprint density at radius 3 is 2.70 bits per heavy atom. The van der Waals surface area contributed by atoms with Crippen molar-refractivity contribution >= 4 is 27.5 Å². The van der Waals surface area contributed by atoms with Crippen LogP contribution in [-0.4, -0.2) is 38.8 Å². The molecule has 0 radical (unpaired) electrons. The summed E-state index contributed by atoms with van der Waals surface area (Å²) in [7, 11) is -3.74. The fourth-order valence-corrected chi connectivity index (χ4v) is 4.79. The zero-order valence-electron chi connectivity index (χ0n) is 14.1. The molecule has 0 spiro atoms. The van der Waals surface area contributed by atoms with Crippen LogP contribution in [0.4, 0.5) is 14.9 Å². The first-order chi connectivity index (χ1) is 12.9. The van der Waals surface area contributed by atoms with Crippen LogP contribution in [-0.2, 0) is 16.3 Å². The second kappa shape index (κ2) is 6.34. The van der Waals surface area contributed by atoms with E-state index in [0.29, 0.717) is 18.7 Å². The van der Waals surface area contributed by atoms with Crippen LogP contribution in [0, 0.1) is 5.82 Å². The number of rotatable bonds is 3. The third kappa shape index (κ3) is 3.03. The number of hydrogen-bond acceptors (Lipinski definition) is 4. The van der Waals surface area contributed by atoms with Crippen molar-refractivity contribution in [1.82, 2.24) is 10.6 Å². The molecule has 2 aromatic rings. The Morgan fingerprint density at radius 1 is 1.19 bits per heavy atom. The Bertz CT molecular complexity index is 1050. The van der Waals surface area contributed by atoms with Crippen molar-refractivity contribution in [3.8, 4) is 0 Å². The van der Waals surface area contributed by atoms with E-state index < -0.39 is 27.1 Å². The first-order valence-electron chi connectivity index (χ1n) is 8.35. The number of nitrogens with one attached hydrogen (secondary N) is 2. The molecule has 2 aliphatic heterocycles. The number of carbonyl (C=O) groups is 2. The molecule has 1 fully saturated rings. The lowest BCUT2D eigenvalue weighted by Crippen LogP contribution is -2.34. The van der Waals surface area contributed by atoms with Crippen molar-refractivity contribution in [3.63, 3.8) is 0 Å². The number of sulfone groups is 1. The minimum atomic E-state index is -3.74. The Kier molecular flexibility index (Phi) is 4.11. The van der Waals surface area contributed by atoms with Gasteiger partial charge >= 0.3 is 6.03 Å². The predicted octanol–water partition coefficient (Wildman–Crippen LogP) is 1.44. The van der Waals surface area contributed by atoms with E-state index in [1.54, 1.807) is 6.07 Å². The number of urea groups is 1. The van der Waals surface area contributed by atoms with Gasteiger partial charge in [-0.1, -0.05) is 6.07 Å². The molecule has 1 atom stereocenters. The quantitative estimate of drug-likeness (QED) is 0.830. The van der Waals surface area contributed by atoms with Crippen LogP contribution in [0.3, 0.4) is 0 Å². The summed E-state index contributed by atoms with van der Waals surface area (Å²) < 4.78 is 38.8. The first kappa shape index (κ1) is 17.5. The fraction of sp³-hybridized carbons (Fsp3) is 0.222. The zero-order chi connectivity index (χ0) is 19.2. The van der Waals surface area contributed by atoms with E-state index in [4.69, 9.17) is 0 Å². The summed E-state index contributed by atoms with van der Waals surface area (Å²) in [5, 5.41) is 3.79. The van der Waals surface area contributed by atoms with Crippen molar-refractivity contribution in [1.29, 1.82) is 0 Å². The smallest absolute Gasteiger partial charge is 0.315 e. The highest BCUT2D eigenvalue weighted by molar-refractivity contribution is 7.92. The molecule has 2 aliphatic rings. The Balaban J connectivity index is 1.63. The van der Waals surface area contributed by atoms with Gasteiger partial charge in [0.2, 0.25) is 9.84 Å². The highest BCUT2D eigenvalue weighted by Gasteiger charge is 2.35. The molecule has 4 rings (SSSR count). The molecule has 1 unspecified atom stereocenters. The maximum Gasteiger partial charge on any atom is 0.315 e. The van der Waals surface area contributed by atoms with Gasteiger partial charge in [-0.25, -0.2) is 17.6 Å². The van der Waals surface area contributed by atoms with E-state index in [-0.39, 0.29) is 22.9 Å². The largest absolute Gasteiger partial charge is 0.335 e. The van der Waals surface area contributed by atoms with Gasteiger partial charge in [0.1, 0.15) is 5.82 Å². The summed E-state index contributed by atoms with van der Waals surface area (Å²) in [6.07, 6.45) is 0.495. The van der Waals surface area contributed by atoms with E-state index in [1.807, 2.05) is 0 Å². The number of fused-ring (bicyclic) bond motifs is 1. The highest BCUT2D eigenvalue weighted by Crippen LogP contribution is 2.32. The maximum absolute atomic E-state index is 13.4. The molecular formula is C18H16FN3O4S. The molecule has 7 nitrogen and oxygen atoms in total. The van der Waals surface area contributed by atoms with Gasteiger partial charge in [-0.3, -0.25) is 4.79 Å². The van der Waals surface area contributed by atoms with Gasteiger partial charge in [0.05, 0.1) is 11.4 Å². The molecule has 0 aromatic heterocycles. The number of nitrogens with zero attached hydrogens (tertiary/aromatic N) is 1. The van der Waals surface area contributed by atoms with Crippen LogP contribution in [0.15, 0.2) is 47.4 Å². The van der Waals surface area contributed by atoms with E-state index in [9.17, 15) is 22.4 Å². The van der Waals surface area contributed by atoms with Crippen molar-refractivity contribution < 1.29 is 22.4 Å². The molecule has 3 amide bonds. The molecule has 0 saturated carbocycles. The lowest BCUT2D eigenvalue weighted by Gasteiger charge is -2.18. The van der Waals surface area contributed by atoms with E-state index in [0.717, 1.165) is 5.56 Å². The number of anilines is 1. The van der Waals surface area contributed by atoms with Crippen molar-refractivity contribution in [2.75, 3.05) is 18.0 Å². The molecule has 2 heterocycles. The normalized spacial score (nSPS) is 18.8. The lowest BCUT2D eigenvalue weighted by molar-refractivity contribution is 0.0989. The Hall–Kier alpha value is -2.94. The second-order valence-electron chi connectivity index (χ2n) is 6.40. The molecule has 9 heteroatoms. The Labute approximate surface area is 155 Å². The summed E-state index contributed by atoms with van der Waals surface area (Å²) in [5.74, 6) is -0.829. The summed E-state index contributed by atoms with van der Waals surface area (Å²) in [4.78, 5) is 25.5. The predicted molar refractivity (Wildman–Crippen MR) is 95.7 cm³/mol. The number of halogens is 1. The maximum atomic E-state index is 13.4. The number of hydrogen-bond donors (Lipinski definition) is 2. The molecule has 0 bridgehead atoms. The summed E-state index contributed by atoms with van der Waals surface area (Å²) in [6, 6.07) is 9.48. The van der Waals surface area contributed by atoms with Crippen molar-refractivity contribution in [3.05, 3.63) is 59.4 Å². The van der Waals surface area contributed by atoms with E-state index >= 15 is 0 Å². The van der Waals surface area contributed by atoms with Crippen LogP contribution in [0.1, 0.15) is 15.9 Å². The molecule has 0 aliphatic carbocycles. The van der Waals surface area contributed by atoms with E-state index in [1.165, 1.54) is 41.3 Å². The van der Waals surface area contributed by atoms with Gasteiger partial charge in [-0.15, -0.1) is 0 Å². The number of benzene rings is 2. The van der Waals surface area contributed by atoms with Crippen molar-refractivity contribution in [2.45, 2.75) is 16.7 Å². The average Bonchev–Trinajstić information content (AvgIpc) is 3.27. The highest BCUT2D eigenvalue weighted by atomic mass is 32.2. The topological polar surface area (TPSA) is 95.6 Å². The third-order valence-corrected chi connectivity index (χ3v) is 6.65. The number of carbonyl (C=O) groups excluding carboxylic acids is 2. The van der Waals surface area contributed by atoms with Crippen LogP contribution in [0.2, 0.25) is 0 Å². The van der Waals surface area contributed by atoms with Gasteiger partial charge in [0.25, 0.3) is 5.91 Å². The van der Waals surface area contributed by atoms with Gasteiger partial charge < -0.3 is 15.5 Å². The fourth-order valence-electron chi connectivity index (χ4n) is 3.33. The van der Waals surface area contributed by atoms with Crippen LogP contribution in [0.25, 0.3) is 0 Å². The minimum absolute atomic E-state index is 0.00241.